The van der Waals surface area contributed by atoms with Gasteiger partial charge in [-0.3, -0.25) is 4.79 Å². The van der Waals surface area contributed by atoms with Crippen LogP contribution in [0.3, 0.4) is 0 Å². The van der Waals surface area contributed by atoms with Crippen LogP contribution in [0.15, 0.2) is 34.8 Å². The van der Waals surface area contributed by atoms with E-state index in [4.69, 9.17) is 5.11 Å². The molecule has 1 N–H and O–H groups in total. The highest BCUT2D eigenvalue weighted by atomic mass is 79.9. The average molecular weight is 326 g/mol. The number of carboxylic acids is 1. The fraction of sp³-hybridized carbons (Fsp3) is 0.286. The molecule has 102 valence electrons. The van der Waals surface area contributed by atoms with Gasteiger partial charge in [0.15, 0.2) is 0 Å². The lowest BCUT2D eigenvalue weighted by Crippen LogP contribution is -2.32. The van der Waals surface area contributed by atoms with E-state index in [1.165, 1.54) is 12.1 Å². The van der Waals surface area contributed by atoms with Crippen LogP contribution < -0.4 is 0 Å². The second-order valence-electron chi connectivity index (χ2n) is 4.31. The average Bonchev–Trinajstić information content (AvgIpc) is 2.34. The molecule has 0 saturated carbocycles. The van der Waals surface area contributed by atoms with E-state index in [2.05, 4.69) is 22.5 Å². The maximum Gasteiger partial charge on any atom is 0.335 e. The normalized spacial score (nSPS) is 10.1. The summed E-state index contributed by atoms with van der Waals surface area (Å²) in [6, 6.07) is 4.47. The number of hydrogen-bond acceptors (Lipinski definition) is 2. The number of aromatic carboxylic acids is 1. The summed E-state index contributed by atoms with van der Waals surface area (Å²) in [4.78, 5) is 24.9. The van der Waals surface area contributed by atoms with Crippen molar-refractivity contribution < 1.29 is 14.7 Å². The number of nitrogens with zero attached hydrogens (tertiary/aromatic N) is 1. The monoisotopic (exact) mass is 325 g/mol. The summed E-state index contributed by atoms with van der Waals surface area (Å²) >= 11 is 3.22. The number of carbonyl (C=O) groups excluding carboxylic acids is 1. The van der Waals surface area contributed by atoms with Gasteiger partial charge in [-0.25, -0.2) is 4.79 Å². The Morgan fingerprint density at radius 2 is 1.89 bits per heavy atom. The van der Waals surface area contributed by atoms with Gasteiger partial charge in [-0.2, -0.15) is 0 Å². The van der Waals surface area contributed by atoms with Gasteiger partial charge in [0.1, 0.15) is 0 Å². The first kappa shape index (κ1) is 15.4. The molecule has 1 rings (SSSR count). The fourth-order valence-electron chi connectivity index (χ4n) is 1.67. The lowest BCUT2D eigenvalue weighted by Gasteiger charge is -2.21. The minimum atomic E-state index is -1.06. The van der Waals surface area contributed by atoms with Crippen LogP contribution in [0, 0.1) is 0 Å². The van der Waals surface area contributed by atoms with E-state index in [0.29, 0.717) is 23.1 Å². The van der Waals surface area contributed by atoms with Crippen LogP contribution in [0.25, 0.3) is 0 Å². The number of amides is 1. The van der Waals surface area contributed by atoms with Gasteiger partial charge in [-0.1, -0.05) is 28.1 Å². The highest BCUT2D eigenvalue weighted by Crippen LogP contribution is 2.18. The highest BCUT2D eigenvalue weighted by Gasteiger charge is 2.16. The zero-order chi connectivity index (χ0) is 14.6. The molecule has 0 aromatic heterocycles. The summed E-state index contributed by atoms with van der Waals surface area (Å²) in [5.74, 6) is -1.26. The molecule has 0 saturated heterocycles. The van der Waals surface area contributed by atoms with Crippen LogP contribution in [0.2, 0.25) is 0 Å². The van der Waals surface area contributed by atoms with E-state index in [9.17, 15) is 9.59 Å². The Hall–Kier alpha value is -1.62. The maximum absolute atomic E-state index is 12.3. The zero-order valence-corrected chi connectivity index (χ0v) is 12.5. The molecule has 1 aromatic rings. The Bertz CT molecular complexity index is 525. The molecule has 1 aromatic carbocycles. The van der Waals surface area contributed by atoms with E-state index in [1.807, 2.05) is 13.8 Å². The molecule has 0 bridgehead atoms. The van der Waals surface area contributed by atoms with E-state index in [1.54, 1.807) is 11.0 Å². The maximum atomic E-state index is 12.3. The molecule has 1 amide bonds. The molecule has 0 radical (unpaired) electrons. The largest absolute Gasteiger partial charge is 0.478 e. The van der Waals surface area contributed by atoms with E-state index in [-0.39, 0.29) is 11.5 Å². The lowest BCUT2D eigenvalue weighted by molar-refractivity contribution is 0.0697. The first-order valence-electron chi connectivity index (χ1n) is 5.82. The number of halogens is 1. The van der Waals surface area contributed by atoms with Gasteiger partial charge in [0.25, 0.3) is 5.91 Å². The predicted octanol–water partition coefficient (Wildman–Crippen LogP) is 3.19. The molecular formula is C14H16BrNO3. The summed E-state index contributed by atoms with van der Waals surface area (Å²) in [6.45, 7) is 8.51. The quantitative estimate of drug-likeness (QED) is 0.846. The van der Waals surface area contributed by atoms with E-state index >= 15 is 0 Å². The van der Waals surface area contributed by atoms with Crippen LogP contribution in [0.4, 0.5) is 0 Å². The van der Waals surface area contributed by atoms with Gasteiger partial charge in [-0.15, -0.1) is 0 Å². The molecule has 4 nitrogen and oxygen atoms in total. The van der Waals surface area contributed by atoms with Gasteiger partial charge in [0.05, 0.1) is 5.56 Å². The summed E-state index contributed by atoms with van der Waals surface area (Å²) in [6.07, 6.45) is 0. The molecular weight excluding hydrogens is 310 g/mol. The van der Waals surface area contributed by atoms with Crippen molar-refractivity contribution in [1.82, 2.24) is 4.90 Å². The topological polar surface area (TPSA) is 57.6 Å². The molecule has 0 heterocycles. The molecule has 0 aliphatic rings. The van der Waals surface area contributed by atoms with Crippen LogP contribution in [0.5, 0.6) is 0 Å². The van der Waals surface area contributed by atoms with Crippen molar-refractivity contribution in [3.63, 3.8) is 0 Å². The minimum absolute atomic E-state index is 0.0871. The van der Waals surface area contributed by atoms with E-state index < -0.39 is 5.97 Å². The van der Waals surface area contributed by atoms with Gasteiger partial charge < -0.3 is 10.0 Å². The van der Waals surface area contributed by atoms with Crippen molar-refractivity contribution in [2.45, 2.75) is 13.8 Å². The van der Waals surface area contributed by atoms with Crippen LogP contribution in [-0.4, -0.2) is 35.0 Å². The second kappa shape index (κ2) is 6.52. The van der Waals surface area contributed by atoms with Gasteiger partial charge in [0, 0.05) is 23.1 Å². The van der Waals surface area contributed by atoms with Crippen molar-refractivity contribution in [2.24, 2.45) is 0 Å². The van der Waals surface area contributed by atoms with Crippen LogP contribution >= 0.6 is 15.9 Å². The predicted molar refractivity (Wildman–Crippen MR) is 77.5 cm³/mol. The van der Waals surface area contributed by atoms with E-state index in [0.717, 1.165) is 5.57 Å². The van der Waals surface area contributed by atoms with Crippen molar-refractivity contribution >= 4 is 27.8 Å². The van der Waals surface area contributed by atoms with Gasteiger partial charge in [0.2, 0.25) is 0 Å². The third-order valence-electron chi connectivity index (χ3n) is 2.52. The Morgan fingerprint density at radius 1 is 1.32 bits per heavy atom. The second-order valence-corrected chi connectivity index (χ2v) is 5.23. The number of carboxylic acid groups (broad SMARTS) is 1. The summed E-state index contributed by atoms with van der Waals surface area (Å²) in [7, 11) is 0. The molecule has 0 atom stereocenters. The number of benzene rings is 1. The standard InChI is InChI=1S/C14H16BrNO3/c1-4-16(8-9(2)3)13(17)10-5-11(14(18)19)7-12(15)6-10/h5-7H,2,4,8H2,1,3H3,(H,18,19). The minimum Gasteiger partial charge on any atom is -0.478 e. The molecule has 5 heteroatoms. The van der Waals surface area contributed by atoms with Crippen molar-refractivity contribution in [2.75, 3.05) is 13.1 Å². The summed E-state index contributed by atoms with van der Waals surface area (Å²) in [5, 5.41) is 9.00. The first-order chi connectivity index (χ1) is 8.85. The Balaban J connectivity index is 3.10. The third kappa shape index (κ3) is 4.21. The lowest BCUT2D eigenvalue weighted by atomic mass is 10.1. The molecule has 0 unspecified atom stereocenters. The Kier molecular flexibility index (Phi) is 5.30. The van der Waals surface area contributed by atoms with Gasteiger partial charge >= 0.3 is 5.97 Å². The number of carbonyl (C=O) groups is 2. The summed E-state index contributed by atoms with van der Waals surface area (Å²) in [5.41, 5.74) is 1.32. The molecule has 0 aliphatic carbocycles. The van der Waals surface area contributed by atoms with Crippen LogP contribution in [-0.2, 0) is 0 Å². The zero-order valence-electron chi connectivity index (χ0n) is 10.9. The van der Waals surface area contributed by atoms with Gasteiger partial charge in [-0.05, 0) is 32.0 Å². The van der Waals surface area contributed by atoms with Crippen molar-refractivity contribution in [3.8, 4) is 0 Å². The first-order valence-corrected chi connectivity index (χ1v) is 6.62. The van der Waals surface area contributed by atoms with Crippen molar-refractivity contribution in [3.05, 3.63) is 46.0 Å². The smallest absolute Gasteiger partial charge is 0.335 e. The highest BCUT2D eigenvalue weighted by molar-refractivity contribution is 9.10. The number of rotatable bonds is 5. The fourth-order valence-corrected chi connectivity index (χ4v) is 2.17. The molecule has 19 heavy (non-hydrogen) atoms. The third-order valence-corrected chi connectivity index (χ3v) is 2.98. The number of likely N-dealkylation sites (N-methyl/N-ethyl adjacent to an activating group) is 1. The molecule has 0 spiro atoms. The molecule has 0 aliphatic heterocycles. The molecule has 0 fully saturated rings. The summed E-state index contributed by atoms with van der Waals surface area (Å²) < 4.78 is 0.571. The SMILES string of the molecule is C=C(C)CN(CC)C(=O)c1cc(Br)cc(C(=O)O)c1. The van der Waals surface area contributed by atoms with Crippen molar-refractivity contribution in [1.29, 1.82) is 0 Å². The Morgan fingerprint density at radius 3 is 2.37 bits per heavy atom. The van der Waals surface area contributed by atoms with Crippen LogP contribution in [0.1, 0.15) is 34.6 Å². The number of hydrogen-bond donors (Lipinski definition) is 1. The Labute approximate surface area is 120 Å².